The number of sulfonamides is 1. The van der Waals surface area contributed by atoms with E-state index < -0.39 is 10.0 Å². The molecule has 8 nitrogen and oxygen atoms in total. The number of nitrogens with zero attached hydrogens (tertiary/aromatic N) is 4. The summed E-state index contributed by atoms with van der Waals surface area (Å²) in [4.78, 5) is 23.0. The van der Waals surface area contributed by atoms with E-state index in [9.17, 15) is 13.2 Å². The fourth-order valence-electron chi connectivity index (χ4n) is 4.90. The quantitative estimate of drug-likeness (QED) is 0.301. The lowest BCUT2D eigenvalue weighted by Gasteiger charge is -2.27. The van der Waals surface area contributed by atoms with Gasteiger partial charge in [0.1, 0.15) is 0 Å². The summed E-state index contributed by atoms with van der Waals surface area (Å²) in [5.41, 5.74) is 3.63. The summed E-state index contributed by atoms with van der Waals surface area (Å²) in [7, 11) is -3.61. The van der Waals surface area contributed by atoms with Gasteiger partial charge >= 0.3 is 0 Å². The number of benzene rings is 2. The standard InChI is InChI=1S/C29H40N4O4S2/c1-5-7-14-32(6-2)39(35,36)25-11-9-24(10-12-25)28(34)33(15-8-13-31-16-18-37-19-17-31)29-30-26-21-22(3)20-23(4)27(26)38-29/h9-12,20-21H,5-8,13-19H2,1-4H3. The van der Waals surface area contributed by atoms with Crippen molar-refractivity contribution in [3.05, 3.63) is 53.1 Å². The molecular formula is C29H40N4O4S2. The lowest BCUT2D eigenvalue weighted by molar-refractivity contribution is 0.0376. The lowest BCUT2D eigenvalue weighted by atomic mass is 10.1. The molecule has 2 heterocycles. The second-order valence-electron chi connectivity index (χ2n) is 10.1. The normalized spacial score (nSPS) is 14.8. The number of unbranched alkanes of at least 4 members (excludes halogenated alkanes) is 1. The van der Waals surface area contributed by atoms with Gasteiger partial charge in [-0.15, -0.1) is 0 Å². The van der Waals surface area contributed by atoms with Gasteiger partial charge in [0.25, 0.3) is 5.91 Å². The van der Waals surface area contributed by atoms with Crippen LogP contribution in [0.15, 0.2) is 41.3 Å². The third-order valence-corrected chi connectivity index (χ3v) is 10.3. The van der Waals surface area contributed by atoms with E-state index >= 15 is 0 Å². The molecule has 3 aromatic rings. The number of thiazole rings is 1. The number of carbonyl (C=O) groups is 1. The highest BCUT2D eigenvalue weighted by Crippen LogP contribution is 2.33. The molecule has 10 heteroatoms. The van der Waals surface area contributed by atoms with Crippen molar-refractivity contribution in [1.82, 2.24) is 14.2 Å². The molecule has 212 valence electrons. The molecule has 1 saturated heterocycles. The Bertz CT molecular complexity index is 1370. The minimum absolute atomic E-state index is 0.173. The van der Waals surface area contributed by atoms with Crippen molar-refractivity contribution in [2.45, 2.75) is 51.9 Å². The number of rotatable bonds is 12. The number of aryl methyl sites for hydroxylation is 2. The first-order chi connectivity index (χ1) is 18.7. The molecule has 1 aliphatic heterocycles. The monoisotopic (exact) mass is 572 g/mol. The van der Waals surface area contributed by atoms with Gasteiger partial charge in [-0.2, -0.15) is 4.31 Å². The van der Waals surface area contributed by atoms with E-state index in [1.807, 2.05) is 20.8 Å². The number of morpholine rings is 1. The van der Waals surface area contributed by atoms with Crippen molar-refractivity contribution in [2.75, 3.05) is 57.4 Å². The number of aromatic nitrogens is 1. The van der Waals surface area contributed by atoms with E-state index in [4.69, 9.17) is 9.72 Å². The summed E-state index contributed by atoms with van der Waals surface area (Å²) in [6.45, 7) is 13.6. The van der Waals surface area contributed by atoms with Crippen LogP contribution in [0.2, 0.25) is 0 Å². The van der Waals surface area contributed by atoms with Crippen LogP contribution in [0.3, 0.4) is 0 Å². The predicted octanol–water partition coefficient (Wildman–Crippen LogP) is 5.09. The SMILES string of the molecule is CCCCN(CC)S(=O)(=O)c1ccc(C(=O)N(CCCN2CCOCC2)c2nc3cc(C)cc(C)c3s2)cc1. The first kappa shape index (κ1) is 29.6. The largest absolute Gasteiger partial charge is 0.379 e. The summed E-state index contributed by atoms with van der Waals surface area (Å²) in [6, 6.07) is 10.5. The van der Waals surface area contributed by atoms with Crippen molar-refractivity contribution in [3.8, 4) is 0 Å². The molecule has 1 aromatic heterocycles. The Kier molecular flexibility index (Phi) is 10.1. The number of anilines is 1. The molecule has 0 spiro atoms. The van der Waals surface area contributed by atoms with Gasteiger partial charge in [0.05, 0.1) is 28.3 Å². The number of fused-ring (bicyclic) bond motifs is 1. The van der Waals surface area contributed by atoms with Gasteiger partial charge in [-0.1, -0.05) is 37.7 Å². The highest BCUT2D eigenvalue weighted by atomic mass is 32.2. The zero-order chi connectivity index (χ0) is 28.0. The molecule has 0 bridgehead atoms. The maximum Gasteiger partial charge on any atom is 0.260 e. The molecule has 1 aliphatic rings. The van der Waals surface area contributed by atoms with Crippen LogP contribution < -0.4 is 4.90 Å². The molecule has 4 rings (SSSR count). The molecule has 0 saturated carbocycles. The number of hydrogen-bond acceptors (Lipinski definition) is 7. The first-order valence-corrected chi connectivity index (χ1v) is 16.1. The second kappa shape index (κ2) is 13.3. The molecular weight excluding hydrogens is 532 g/mol. The van der Waals surface area contributed by atoms with Crippen LogP contribution in [0.1, 0.15) is 54.6 Å². The van der Waals surface area contributed by atoms with Crippen molar-refractivity contribution < 1.29 is 17.9 Å². The number of amides is 1. The van der Waals surface area contributed by atoms with Crippen LogP contribution >= 0.6 is 11.3 Å². The fourth-order valence-corrected chi connectivity index (χ4v) is 7.43. The summed E-state index contributed by atoms with van der Waals surface area (Å²) in [5, 5.41) is 0.666. The van der Waals surface area contributed by atoms with Gasteiger partial charge < -0.3 is 4.74 Å². The molecule has 1 amide bonds. The minimum Gasteiger partial charge on any atom is -0.379 e. The van der Waals surface area contributed by atoms with Crippen LogP contribution in [0.5, 0.6) is 0 Å². The molecule has 0 atom stereocenters. The lowest BCUT2D eigenvalue weighted by Crippen LogP contribution is -2.39. The molecule has 0 aliphatic carbocycles. The summed E-state index contributed by atoms with van der Waals surface area (Å²) >= 11 is 1.53. The van der Waals surface area contributed by atoms with E-state index in [1.54, 1.807) is 29.2 Å². The van der Waals surface area contributed by atoms with Crippen molar-refractivity contribution in [2.24, 2.45) is 0 Å². The zero-order valence-corrected chi connectivity index (χ0v) is 25.1. The Balaban J connectivity index is 1.59. The summed E-state index contributed by atoms with van der Waals surface area (Å²) in [6.07, 6.45) is 2.53. The van der Waals surface area contributed by atoms with E-state index in [1.165, 1.54) is 15.6 Å². The Labute approximate surface area is 236 Å². The number of carbonyl (C=O) groups excluding carboxylic acids is 1. The molecule has 0 N–H and O–H groups in total. The summed E-state index contributed by atoms with van der Waals surface area (Å²) in [5.74, 6) is -0.173. The third-order valence-electron chi connectivity index (χ3n) is 7.10. The van der Waals surface area contributed by atoms with Gasteiger partial charge in [-0.3, -0.25) is 14.6 Å². The predicted molar refractivity (Wildman–Crippen MR) is 158 cm³/mol. The first-order valence-electron chi connectivity index (χ1n) is 13.8. The van der Waals surface area contributed by atoms with E-state index in [-0.39, 0.29) is 10.8 Å². The molecule has 2 aromatic carbocycles. The average Bonchev–Trinajstić information content (AvgIpc) is 3.36. The maximum absolute atomic E-state index is 13.8. The molecule has 0 unspecified atom stereocenters. The second-order valence-corrected chi connectivity index (χ2v) is 13.0. The van der Waals surface area contributed by atoms with Crippen LogP contribution in [-0.4, -0.2) is 81.0 Å². The van der Waals surface area contributed by atoms with Crippen LogP contribution in [0, 0.1) is 13.8 Å². The minimum atomic E-state index is -3.61. The topological polar surface area (TPSA) is 83.1 Å². The fraction of sp³-hybridized carbons (Fsp3) is 0.517. The number of hydrogen-bond donors (Lipinski definition) is 0. The molecule has 1 fully saturated rings. The van der Waals surface area contributed by atoms with Gasteiger partial charge in [-0.25, -0.2) is 13.4 Å². The van der Waals surface area contributed by atoms with Gasteiger partial charge in [-0.05, 0) is 68.1 Å². The van der Waals surface area contributed by atoms with Crippen LogP contribution in [0.4, 0.5) is 5.13 Å². The molecule has 39 heavy (non-hydrogen) atoms. The Morgan fingerprint density at radius 3 is 2.44 bits per heavy atom. The third kappa shape index (κ3) is 7.05. The molecule has 0 radical (unpaired) electrons. The van der Waals surface area contributed by atoms with E-state index in [2.05, 4.69) is 24.0 Å². The van der Waals surface area contributed by atoms with Gasteiger partial charge in [0, 0.05) is 44.8 Å². The average molecular weight is 573 g/mol. The van der Waals surface area contributed by atoms with Crippen LogP contribution in [0.25, 0.3) is 10.2 Å². The highest BCUT2D eigenvalue weighted by Gasteiger charge is 2.25. The Hall–Kier alpha value is -2.37. The number of ether oxygens (including phenoxy) is 1. The zero-order valence-electron chi connectivity index (χ0n) is 23.5. The Morgan fingerprint density at radius 1 is 1.05 bits per heavy atom. The van der Waals surface area contributed by atoms with Crippen molar-refractivity contribution in [1.29, 1.82) is 0 Å². The van der Waals surface area contributed by atoms with Crippen LogP contribution in [-0.2, 0) is 14.8 Å². The highest BCUT2D eigenvalue weighted by molar-refractivity contribution is 7.89. The van der Waals surface area contributed by atoms with Gasteiger partial charge in [0.2, 0.25) is 10.0 Å². The smallest absolute Gasteiger partial charge is 0.260 e. The summed E-state index contributed by atoms with van der Waals surface area (Å²) < 4.78 is 34.4. The Morgan fingerprint density at radius 2 is 1.77 bits per heavy atom. The van der Waals surface area contributed by atoms with E-state index in [0.717, 1.165) is 73.5 Å². The van der Waals surface area contributed by atoms with Gasteiger partial charge in [0.15, 0.2) is 5.13 Å². The van der Waals surface area contributed by atoms with E-state index in [0.29, 0.717) is 30.3 Å². The van der Waals surface area contributed by atoms with Crippen molar-refractivity contribution in [3.63, 3.8) is 0 Å². The van der Waals surface area contributed by atoms with Crippen molar-refractivity contribution >= 4 is 42.6 Å². The maximum atomic E-state index is 13.8.